The maximum atomic E-state index is 13.8. The van der Waals surface area contributed by atoms with Gasteiger partial charge in [-0.05, 0) is 72.5 Å². The molecule has 1 amide bonds. The van der Waals surface area contributed by atoms with Gasteiger partial charge in [0.15, 0.2) is 0 Å². The molecule has 2 aromatic carbocycles. The number of carbonyl (C=O) groups excluding carboxylic acids is 1. The molecular weight excluding hydrogens is 599 g/mol. The number of amides is 1. The van der Waals surface area contributed by atoms with Gasteiger partial charge in [-0.2, -0.15) is 44.3 Å². The number of aryl methyl sites for hydroxylation is 1. The summed E-state index contributed by atoms with van der Waals surface area (Å²) in [6.07, 6.45) is -15.7. The van der Waals surface area contributed by atoms with Crippen LogP contribution >= 0.6 is 0 Å². The van der Waals surface area contributed by atoms with E-state index in [0.29, 0.717) is 12.1 Å². The van der Waals surface area contributed by atoms with E-state index in [2.05, 4.69) is 15.4 Å². The van der Waals surface area contributed by atoms with Crippen LogP contribution in [0.15, 0.2) is 36.4 Å². The van der Waals surface area contributed by atoms with Crippen LogP contribution in [0.4, 0.5) is 55.9 Å². The minimum atomic E-state index is -5.13. The van der Waals surface area contributed by atoms with Crippen molar-refractivity contribution in [1.29, 1.82) is 0 Å². The molecule has 0 spiro atoms. The SMILES string of the molecule is CCOC(=O)N1c2ccc(C(F)(F)F)cc2[C@H](N(Cc2cc(C(F)(F)F)cc(C(F)(F)F)c2)c2nnn(C)n2)C[C@H]1CC. The van der Waals surface area contributed by atoms with Crippen LogP contribution in [0.2, 0.25) is 0 Å². The predicted octanol–water partition coefficient (Wildman–Crippen LogP) is 7.16. The standard InChI is InChI=1S/C26H25F9N6O2/c1-4-18-12-21(19-11-15(24(27,28)29)6-7-20(19)41(18)23(42)43-5-2)40(22-36-38-39(3)37-22)13-14-8-16(25(30,31)32)10-17(9-14)26(33,34)35/h6-11,18,21H,4-5,12-13H2,1-3H3/t18-,21-/m1/s1. The molecule has 0 N–H and O–H groups in total. The number of benzene rings is 2. The first kappa shape index (κ1) is 31.9. The summed E-state index contributed by atoms with van der Waals surface area (Å²) in [5.74, 6) is -0.263. The van der Waals surface area contributed by atoms with Gasteiger partial charge in [-0.3, -0.25) is 4.90 Å². The minimum Gasteiger partial charge on any atom is -0.449 e. The second-order valence-corrected chi connectivity index (χ2v) is 9.77. The zero-order valence-corrected chi connectivity index (χ0v) is 22.8. The van der Waals surface area contributed by atoms with Crippen LogP contribution in [0.5, 0.6) is 0 Å². The number of ether oxygens (including phenoxy) is 1. The summed E-state index contributed by atoms with van der Waals surface area (Å²) in [7, 11) is 1.36. The van der Waals surface area contributed by atoms with Gasteiger partial charge >= 0.3 is 24.6 Å². The predicted molar refractivity (Wildman–Crippen MR) is 134 cm³/mol. The molecule has 1 aliphatic heterocycles. The summed E-state index contributed by atoms with van der Waals surface area (Å²) in [6, 6.07) is 1.85. The number of hydrogen-bond donors (Lipinski definition) is 0. The summed E-state index contributed by atoms with van der Waals surface area (Å²) in [4.78, 5) is 16.3. The molecule has 0 fully saturated rings. The number of rotatable bonds is 6. The molecule has 0 unspecified atom stereocenters. The average molecular weight is 625 g/mol. The molecule has 234 valence electrons. The van der Waals surface area contributed by atoms with Gasteiger partial charge < -0.3 is 9.64 Å². The van der Waals surface area contributed by atoms with Crippen LogP contribution in [0, 0.1) is 0 Å². The first-order chi connectivity index (χ1) is 19.9. The molecule has 8 nitrogen and oxygen atoms in total. The highest BCUT2D eigenvalue weighted by Crippen LogP contribution is 2.46. The highest BCUT2D eigenvalue weighted by molar-refractivity contribution is 5.90. The monoisotopic (exact) mass is 624 g/mol. The van der Waals surface area contributed by atoms with Gasteiger partial charge in [-0.1, -0.05) is 12.0 Å². The number of halogens is 9. The third-order valence-electron chi connectivity index (χ3n) is 6.90. The molecule has 0 saturated heterocycles. The Morgan fingerprint density at radius 3 is 2.02 bits per heavy atom. The number of tetrazole rings is 1. The molecule has 0 radical (unpaired) electrons. The Hall–Kier alpha value is -4.05. The van der Waals surface area contributed by atoms with Gasteiger partial charge in [0.25, 0.3) is 5.95 Å². The van der Waals surface area contributed by atoms with Crippen molar-refractivity contribution < 1.29 is 49.0 Å². The van der Waals surface area contributed by atoms with Crippen LogP contribution in [0.3, 0.4) is 0 Å². The Morgan fingerprint density at radius 2 is 1.53 bits per heavy atom. The quantitative estimate of drug-likeness (QED) is 0.271. The van der Waals surface area contributed by atoms with E-state index < -0.39 is 65.5 Å². The smallest absolute Gasteiger partial charge is 0.416 e. The Balaban J connectivity index is 1.93. The first-order valence-electron chi connectivity index (χ1n) is 12.9. The van der Waals surface area contributed by atoms with Gasteiger partial charge in [-0.25, -0.2) is 4.79 Å². The lowest BCUT2D eigenvalue weighted by Crippen LogP contribution is -2.48. The largest absolute Gasteiger partial charge is 0.449 e. The van der Waals surface area contributed by atoms with Gasteiger partial charge in [0, 0.05) is 12.6 Å². The van der Waals surface area contributed by atoms with Crippen molar-refractivity contribution in [3.8, 4) is 0 Å². The first-order valence-corrected chi connectivity index (χ1v) is 12.9. The maximum absolute atomic E-state index is 13.8. The van der Waals surface area contributed by atoms with E-state index in [9.17, 15) is 44.3 Å². The lowest BCUT2D eigenvalue weighted by Gasteiger charge is -2.43. The number of carbonyl (C=O) groups is 1. The zero-order valence-electron chi connectivity index (χ0n) is 22.8. The lowest BCUT2D eigenvalue weighted by molar-refractivity contribution is -0.143. The van der Waals surface area contributed by atoms with Crippen molar-refractivity contribution in [3.63, 3.8) is 0 Å². The van der Waals surface area contributed by atoms with E-state index in [0.717, 1.165) is 23.0 Å². The Bertz CT molecular complexity index is 1440. The molecule has 1 aliphatic rings. The van der Waals surface area contributed by atoms with Gasteiger partial charge in [0.05, 0.1) is 42.1 Å². The molecule has 2 heterocycles. The van der Waals surface area contributed by atoms with E-state index >= 15 is 0 Å². The topological polar surface area (TPSA) is 76.4 Å². The van der Waals surface area contributed by atoms with Crippen molar-refractivity contribution in [2.45, 2.75) is 63.8 Å². The average Bonchev–Trinajstić information content (AvgIpc) is 3.34. The Kier molecular flexibility index (Phi) is 8.57. The molecule has 1 aromatic heterocycles. The molecule has 2 atom stereocenters. The normalized spacial score (nSPS) is 17.5. The van der Waals surface area contributed by atoms with Crippen LogP contribution in [0.25, 0.3) is 0 Å². The minimum absolute atomic E-state index is 0.0235. The molecule has 0 saturated carbocycles. The van der Waals surface area contributed by atoms with E-state index in [4.69, 9.17) is 4.74 Å². The second kappa shape index (κ2) is 11.6. The highest BCUT2D eigenvalue weighted by Gasteiger charge is 2.43. The molecule has 4 rings (SSSR count). The number of nitrogens with zero attached hydrogens (tertiary/aromatic N) is 6. The van der Waals surface area contributed by atoms with Crippen molar-refractivity contribution in [1.82, 2.24) is 20.2 Å². The Morgan fingerprint density at radius 1 is 0.930 bits per heavy atom. The van der Waals surface area contributed by atoms with Crippen LogP contribution < -0.4 is 9.80 Å². The fourth-order valence-corrected chi connectivity index (χ4v) is 5.01. The Labute approximate surface area is 239 Å². The van der Waals surface area contributed by atoms with Gasteiger partial charge in [0.1, 0.15) is 0 Å². The number of alkyl halides is 9. The van der Waals surface area contributed by atoms with Crippen LogP contribution in [-0.2, 0) is 36.9 Å². The zero-order chi connectivity index (χ0) is 31.9. The lowest BCUT2D eigenvalue weighted by atomic mass is 9.87. The fraction of sp³-hybridized carbons (Fsp3) is 0.462. The van der Waals surface area contributed by atoms with E-state index in [1.807, 2.05) is 0 Å². The second-order valence-electron chi connectivity index (χ2n) is 9.77. The van der Waals surface area contributed by atoms with Gasteiger partial charge in [-0.15, -0.1) is 5.10 Å². The van der Waals surface area contributed by atoms with Gasteiger partial charge in [0.2, 0.25) is 0 Å². The van der Waals surface area contributed by atoms with Crippen molar-refractivity contribution in [2.24, 2.45) is 7.05 Å². The number of anilines is 2. The van der Waals surface area contributed by atoms with Crippen LogP contribution in [0.1, 0.15) is 60.5 Å². The molecule has 17 heteroatoms. The van der Waals surface area contributed by atoms with Crippen molar-refractivity contribution in [3.05, 3.63) is 64.2 Å². The summed E-state index contributed by atoms with van der Waals surface area (Å²) < 4.78 is 128. The fourth-order valence-electron chi connectivity index (χ4n) is 5.01. The third-order valence-corrected chi connectivity index (χ3v) is 6.90. The summed E-state index contributed by atoms with van der Waals surface area (Å²) in [5, 5.41) is 11.6. The van der Waals surface area contributed by atoms with Crippen molar-refractivity contribution in [2.75, 3.05) is 16.4 Å². The number of aromatic nitrogens is 4. The molecule has 0 aliphatic carbocycles. The van der Waals surface area contributed by atoms with Crippen LogP contribution in [-0.4, -0.2) is 38.9 Å². The van der Waals surface area contributed by atoms with E-state index in [-0.39, 0.29) is 42.7 Å². The van der Waals surface area contributed by atoms with Crippen molar-refractivity contribution >= 4 is 17.7 Å². The molecular formula is C26H25F9N6O2. The third kappa shape index (κ3) is 6.80. The highest BCUT2D eigenvalue weighted by atomic mass is 19.4. The summed E-state index contributed by atoms with van der Waals surface area (Å²) in [5.41, 5.74) is -4.71. The molecule has 43 heavy (non-hydrogen) atoms. The maximum Gasteiger partial charge on any atom is 0.416 e. The molecule has 0 bridgehead atoms. The number of fused-ring (bicyclic) bond motifs is 1. The number of hydrogen-bond acceptors (Lipinski definition) is 6. The summed E-state index contributed by atoms with van der Waals surface area (Å²) in [6.45, 7) is 2.55. The van der Waals surface area contributed by atoms with E-state index in [1.165, 1.54) is 16.8 Å². The summed E-state index contributed by atoms with van der Waals surface area (Å²) >= 11 is 0. The molecule has 3 aromatic rings. The van der Waals surface area contributed by atoms with E-state index in [1.54, 1.807) is 13.8 Å².